The summed E-state index contributed by atoms with van der Waals surface area (Å²) < 4.78 is 6.02. The lowest BCUT2D eigenvalue weighted by Crippen LogP contribution is -2.18. The molecule has 0 bridgehead atoms. The maximum Gasteiger partial charge on any atom is 0.306 e. The number of hydrogen-bond acceptors (Lipinski definition) is 2. The van der Waals surface area contributed by atoms with Crippen LogP contribution in [0.25, 0.3) is 0 Å². The van der Waals surface area contributed by atoms with Gasteiger partial charge in [-0.3, -0.25) is 4.79 Å². The third-order valence-electron chi connectivity index (χ3n) is 8.04. The highest BCUT2D eigenvalue weighted by Crippen LogP contribution is 2.19. The van der Waals surface area contributed by atoms with Gasteiger partial charge in [0.1, 0.15) is 6.10 Å². The number of hydrogen-bond donors (Lipinski definition) is 0. The van der Waals surface area contributed by atoms with Gasteiger partial charge >= 0.3 is 5.97 Å². The summed E-state index contributed by atoms with van der Waals surface area (Å²) in [6.45, 7) is 6.84. The molecule has 0 aliphatic rings. The smallest absolute Gasteiger partial charge is 0.306 e. The monoisotopic (exact) mass is 523 g/mol. The topological polar surface area (TPSA) is 26.3 Å². The van der Waals surface area contributed by atoms with Crippen LogP contribution in [0, 0.1) is 0 Å². The summed E-state index contributed by atoms with van der Waals surface area (Å²) in [6, 6.07) is 0. The quantitative estimate of drug-likeness (QED) is 0.0668. The summed E-state index contributed by atoms with van der Waals surface area (Å²) in [4.78, 5) is 12.5. The lowest BCUT2D eigenvalue weighted by molar-refractivity contribution is -0.150. The second-order valence-corrected chi connectivity index (χ2v) is 11.9. The molecule has 0 fully saturated rings. The molecule has 0 radical (unpaired) electrons. The highest BCUT2D eigenvalue weighted by atomic mass is 16.5. The molecule has 2 heteroatoms. The van der Waals surface area contributed by atoms with E-state index in [9.17, 15) is 4.79 Å². The number of unbranched alkanes of at least 4 members (excludes halogenated alkanes) is 24. The summed E-state index contributed by atoms with van der Waals surface area (Å²) in [7, 11) is 0. The van der Waals surface area contributed by atoms with Crippen LogP contribution >= 0.6 is 0 Å². The lowest BCUT2D eigenvalue weighted by Gasteiger charge is -2.18. The first kappa shape index (κ1) is 36.5. The molecule has 222 valence electrons. The van der Waals surface area contributed by atoms with Crippen molar-refractivity contribution in [1.29, 1.82) is 0 Å². The van der Waals surface area contributed by atoms with Gasteiger partial charge in [-0.05, 0) is 32.1 Å². The first-order valence-corrected chi connectivity index (χ1v) is 17.4. The summed E-state index contributed by atoms with van der Waals surface area (Å²) in [6.07, 6.45) is 39.1. The summed E-state index contributed by atoms with van der Waals surface area (Å²) in [5, 5.41) is 0. The molecule has 0 aliphatic heterocycles. The van der Waals surface area contributed by atoms with E-state index in [0.717, 1.165) is 19.3 Å². The molecule has 0 rings (SSSR count). The Labute approximate surface area is 234 Å². The molecule has 0 heterocycles. The molecule has 0 saturated heterocycles. The van der Waals surface area contributed by atoms with Crippen molar-refractivity contribution in [2.45, 2.75) is 219 Å². The van der Waals surface area contributed by atoms with Crippen LogP contribution < -0.4 is 0 Å². The van der Waals surface area contributed by atoms with Gasteiger partial charge in [-0.15, -0.1) is 0 Å². The fourth-order valence-corrected chi connectivity index (χ4v) is 5.45. The molecular formula is C35H70O2. The van der Waals surface area contributed by atoms with Crippen molar-refractivity contribution in [2.24, 2.45) is 0 Å². The van der Waals surface area contributed by atoms with Crippen LogP contribution in [0.2, 0.25) is 0 Å². The number of ether oxygens (including phenoxy) is 1. The van der Waals surface area contributed by atoms with E-state index in [-0.39, 0.29) is 12.1 Å². The third-order valence-corrected chi connectivity index (χ3v) is 8.04. The van der Waals surface area contributed by atoms with Crippen LogP contribution in [0.1, 0.15) is 213 Å². The van der Waals surface area contributed by atoms with E-state index in [1.807, 2.05) is 0 Å². The van der Waals surface area contributed by atoms with Crippen LogP contribution in [-0.2, 0) is 9.53 Å². The minimum absolute atomic E-state index is 0.0667. The van der Waals surface area contributed by atoms with Crippen molar-refractivity contribution in [2.75, 3.05) is 0 Å². The summed E-state index contributed by atoms with van der Waals surface area (Å²) in [5.41, 5.74) is 0. The average Bonchev–Trinajstić information content (AvgIpc) is 2.90. The zero-order valence-electron chi connectivity index (χ0n) is 26.1. The van der Waals surface area contributed by atoms with Crippen LogP contribution in [0.15, 0.2) is 0 Å². The van der Waals surface area contributed by atoms with E-state index in [0.29, 0.717) is 6.42 Å². The van der Waals surface area contributed by atoms with E-state index < -0.39 is 0 Å². The Bertz CT molecular complexity index is 433. The predicted octanol–water partition coefficient (Wildman–Crippen LogP) is 12.7. The molecule has 0 aliphatic carbocycles. The Balaban J connectivity index is 4.00. The van der Waals surface area contributed by atoms with E-state index in [2.05, 4.69) is 20.8 Å². The van der Waals surface area contributed by atoms with Gasteiger partial charge in [-0.25, -0.2) is 0 Å². The molecule has 0 N–H and O–H groups in total. The normalized spacial score (nSPS) is 12.2. The van der Waals surface area contributed by atoms with Crippen LogP contribution in [0.4, 0.5) is 0 Å². The van der Waals surface area contributed by atoms with Crippen molar-refractivity contribution in [3.63, 3.8) is 0 Å². The van der Waals surface area contributed by atoms with Gasteiger partial charge in [-0.2, -0.15) is 0 Å². The second-order valence-electron chi connectivity index (χ2n) is 11.9. The fraction of sp³-hybridized carbons (Fsp3) is 0.971. The third kappa shape index (κ3) is 29.9. The Hall–Kier alpha value is -0.530. The van der Waals surface area contributed by atoms with Crippen LogP contribution in [0.3, 0.4) is 0 Å². The maximum atomic E-state index is 12.5. The molecule has 0 aromatic heterocycles. The SMILES string of the molecule is CCCCCCCCCCCCCCC(CCCCCCCCCC)OC(=O)CCCCCCCCC. The van der Waals surface area contributed by atoms with Gasteiger partial charge in [0.15, 0.2) is 0 Å². The number of carbonyl (C=O) groups is 1. The number of esters is 1. The van der Waals surface area contributed by atoms with E-state index in [1.165, 1.54) is 167 Å². The van der Waals surface area contributed by atoms with Crippen molar-refractivity contribution < 1.29 is 9.53 Å². The van der Waals surface area contributed by atoms with Crippen LogP contribution in [-0.4, -0.2) is 12.1 Å². The first-order valence-electron chi connectivity index (χ1n) is 17.4. The van der Waals surface area contributed by atoms with Gasteiger partial charge in [0.05, 0.1) is 0 Å². The van der Waals surface area contributed by atoms with Gasteiger partial charge in [-0.1, -0.05) is 175 Å². The highest BCUT2D eigenvalue weighted by Gasteiger charge is 2.14. The van der Waals surface area contributed by atoms with Crippen molar-refractivity contribution in [3.05, 3.63) is 0 Å². The maximum absolute atomic E-state index is 12.5. The molecule has 2 nitrogen and oxygen atoms in total. The Morgan fingerprint density at radius 1 is 0.405 bits per heavy atom. The zero-order chi connectivity index (χ0) is 27.1. The van der Waals surface area contributed by atoms with Gasteiger partial charge < -0.3 is 4.74 Å². The van der Waals surface area contributed by atoms with E-state index >= 15 is 0 Å². The molecule has 0 spiro atoms. The van der Waals surface area contributed by atoms with Crippen LogP contribution in [0.5, 0.6) is 0 Å². The molecule has 0 saturated carbocycles. The second kappa shape index (κ2) is 31.7. The molecule has 0 aromatic rings. The Morgan fingerprint density at radius 3 is 1.00 bits per heavy atom. The van der Waals surface area contributed by atoms with E-state index in [4.69, 9.17) is 4.74 Å². The predicted molar refractivity (Wildman–Crippen MR) is 165 cm³/mol. The number of rotatable bonds is 31. The first-order chi connectivity index (χ1) is 18.2. The Morgan fingerprint density at radius 2 is 0.676 bits per heavy atom. The average molecular weight is 523 g/mol. The van der Waals surface area contributed by atoms with Crippen molar-refractivity contribution >= 4 is 5.97 Å². The van der Waals surface area contributed by atoms with Gasteiger partial charge in [0.25, 0.3) is 0 Å². The molecule has 37 heavy (non-hydrogen) atoms. The largest absolute Gasteiger partial charge is 0.462 e. The Kier molecular flexibility index (Phi) is 31.2. The fourth-order valence-electron chi connectivity index (χ4n) is 5.45. The molecule has 0 amide bonds. The summed E-state index contributed by atoms with van der Waals surface area (Å²) in [5.74, 6) is 0.0667. The molecule has 1 atom stereocenters. The lowest BCUT2D eigenvalue weighted by atomic mass is 10.0. The minimum Gasteiger partial charge on any atom is -0.462 e. The minimum atomic E-state index is 0.0667. The standard InChI is InChI=1S/C35H70O2/c1-4-7-10-13-16-18-19-20-21-24-26-29-32-34(31-28-25-23-17-14-11-8-5-2)37-35(36)33-30-27-22-15-12-9-6-3/h34H,4-33H2,1-3H3. The summed E-state index contributed by atoms with van der Waals surface area (Å²) >= 11 is 0. The van der Waals surface area contributed by atoms with Gasteiger partial charge in [0.2, 0.25) is 0 Å². The number of carbonyl (C=O) groups excluding carboxylic acids is 1. The molecule has 0 aromatic carbocycles. The molecule has 1 unspecified atom stereocenters. The van der Waals surface area contributed by atoms with Crippen molar-refractivity contribution in [1.82, 2.24) is 0 Å². The zero-order valence-corrected chi connectivity index (χ0v) is 26.1. The highest BCUT2D eigenvalue weighted by molar-refractivity contribution is 5.69. The van der Waals surface area contributed by atoms with Crippen molar-refractivity contribution in [3.8, 4) is 0 Å². The molecular weight excluding hydrogens is 452 g/mol. The van der Waals surface area contributed by atoms with E-state index in [1.54, 1.807) is 0 Å². The van der Waals surface area contributed by atoms with Gasteiger partial charge in [0, 0.05) is 6.42 Å².